The molecule has 0 radical (unpaired) electrons. The van der Waals surface area contributed by atoms with Gasteiger partial charge in [-0.25, -0.2) is 0 Å². The summed E-state index contributed by atoms with van der Waals surface area (Å²) in [4.78, 5) is 11.6. The molecule has 0 atom stereocenters. The number of carbonyl (C=O) groups is 1. The van der Waals surface area contributed by atoms with Gasteiger partial charge < -0.3 is 15.8 Å². The number of benzene rings is 1. The van der Waals surface area contributed by atoms with Crippen molar-refractivity contribution >= 4 is 17.3 Å². The molecular weight excluding hydrogens is 228 g/mol. The maximum atomic E-state index is 11.6. The SMILES string of the molecule is CCCCCOCC(=O)Nc1cccc(N)c1C. The van der Waals surface area contributed by atoms with Crippen LogP contribution >= 0.6 is 0 Å². The van der Waals surface area contributed by atoms with Crippen LogP contribution in [0.5, 0.6) is 0 Å². The van der Waals surface area contributed by atoms with Gasteiger partial charge in [0.15, 0.2) is 0 Å². The highest BCUT2D eigenvalue weighted by Gasteiger charge is 2.06. The van der Waals surface area contributed by atoms with E-state index in [1.165, 1.54) is 0 Å². The molecule has 4 nitrogen and oxygen atoms in total. The largest absolute Gasteiger partial charge is 0.398 e. The number of nitrogen functional groups attached to an aromatic ring is 1. The molecule has 0 aliphatic heterocycles. The van der Waals surface area contributed by atoms with Crippen LogP contribution in [0.25, 0.3) is 0 Å². The Bertz CT molecular complexity index is 391. The van der Waals surface area contributed by atoms with Gasteiger partial charge in [0, 0.05) is 18.0 Å². The number of ether oxygens (including phenoxy) is 1. The van der Waals surface area contributed by atoms with Crippen molar-refractivity contribution in [1.29, 1.82) is 0 Å². The molecule has 0 fully saturated rings. The summed E-state index contributed by atoms with van der Waals surface area (Å²) < 4.78 is 5.30. The standard InChI is InChI=1S/C14H22N2O2/c1-3-4-5-9-18-10-14(17)16-13-8-6-7-12(15)11(13)2/h6-8H,3-5,9-10,15H2,1-2H3,(H,16,17). The molecule has 0 aliphatic rings. The number of unbranched alkanes of at least 4 members (excludes halogenated alkanes) is 2. The fourth-order valence-electron chi connectivity index (χ4n) is 1.59. The molecule has 3 N–H and O–H groups in total. The second-order valence-electron chi connectivity index (χ2n) is 4.33. The molecule has 1 amide bonds. The van der Waals surface area contributed by atoms with E-state index in [-0.39, 0.29) is 12.5 Å². The summed E-state index contributed by atoms with van der Waals surface area (Å²) in [5, 5.41) is 2.80. The fourth-order valence-corrected chi connectivity index (χ4v) is 1.59. The Morgan fingerprint density at radius 3 is 2.89 bits per heavy atom. The number of nitrogens with two attached hydrogens (primary N) is 1. The lowest BCUT2D eigenvalue weighted by atomic mass is 10.1. The van der Waals surface area contributed by atoms with E-state index in [1.807, 2.05) is 25.1 Å². The fraction of sp³-hybridized carbons (Fsp3) is 0.500. The Kier molecular flexibility index (Phi) is 6.22. The first-order chi connectivity index (χ1) is 8.65. The zero-order chi connectivity index (χ0) is 13.4. The molecule has 0 aromatic heterocycles. The molecule has 0 heterocycles. The molecule has 1 rings (SSSR count). The lowest BCUT2D eigenvalue weighted by molar-refractivity contribution is -0.120. The summed E-state index contributed by atoms with van der Waals surface area (Å²) in [5.74, 6) is -0.139. The van der Waals surface area contributed by atoms with Crippen LogP contribution in [0, 0.1) is 6.92 Å². The number of nitrogens with one attached hydrogen (secondary N) is 1. The molecule has 0 spiro atoms. The van der Waals surface area contributed by atoms with Gasteiger partial charge in [-0.3, -0.25) is 4.79 Å². The average molecular weight is 250 g/mol. The van der Waals surface area contributed by atoms with Crippen molar-refractivity contribution in [1.82, 2.24) is 0 Å². The molecule has 0 bridgehead atoms. The van der Waals surface area contributed by atoms with Crippen LogP contribution in [0.3, 0.4) is 0 Å². The van der Waals surface area contributed by atoms with Gasteiger partial charge in [0.2, 0.25) is 5.91 Å². The van der Waals surface area contributed by atoms with Crippen LogP contribution in [-0.4, -0.2) is 19.1 Å². The minimum Gasteiger partial charge on any atom is -0.398 e. The highest BCUT2D eigenvalue weighted by Crippen LogP contribution is 2.20. The number of anilines is 2. The third kappa shape index (κ3) is 4.75. The Balaban J connectivity index is 2.34. The van der Waals surface area contributed by atoms with Crippen LogP contribution in [0.15, 0.2) is 18.2 Å². The maximum Gasteiger partial charge on any atom is 0.250 e. The summed E-state index contributed by atoms with van der Waals surface area (Å²) >= 11 is 0. The van der Waals surface area contributed by atoms with Gasteiger partial charge in [-0.05, 0) is 31.0 Å². The third-order valence-electron chi connectivity index (χ3n) is 2.78. The van der Waals surface area contributed by atoms with Crippen molar-refractivity contribution in [3.63, 3.8) is 0 Å². The lowest BCUT2D eigenvalue weighted by Crippen LogP contribution is -2.19. The van der Waals surface area contributed by atoms with Crippen molar-refractivity contribution in [2.75, 3.05) is 24.3 Å². The van der Waals surface area contributed by atoms with Crippen molar-refractivity contribution in [3.05, 3.63) is 23.8 Å². The highest BCUT2D eigenvalue weighted by molar-refractivity contribution is 5.93. The minimum atomic E-state index is -0.139. The smallest absolute Gasteiger partial charge is 0.250 e. The normalized spacial score (nSPS) is 10.3. The lowest BCUT2D eigenvalue weighted by Gasteiger charge is -2.10. The summed E-state index contributed by atoms with van der Waals surface area (Å²) in [6.45, 7) is 4.75. The minimum absolute atomic E-state index is 0.0952. The summed E-state index contributed by atoms with van der Waals surface area (Å²) in [7, 11) is 0. The zero-order valence-corrected chi connectivity index (χ0v) is 11.2. The first-order valence-corrected chi connectivity index (χ1v) is 6.37. The van der Waals surface area contributed by atoms with Gasteiger partial charge in [0.25, 0.3) is 0 Å². The Morgan fingerprint density at radius 1 is 1.39 bits per heavy atom. The number of amides is 1. The van der Waals surface area contributed by atoms with E-state index in [1.54, 1.807) is 0 Å². The average Bonchev–Trinajstić information content (AvgIpc) is 2.35. The monoisotopic (exact) mass is 250 g/mol. The zero-order valence-electron chi connectivity index (χ0n) is 11.2. The Hall–Kier alpha value is -1.55. The predicted molar refractivity (Wildman–Crippen MR) is 74.6 cm³/mol. The molecule has 0 saturated carbocycles. The Labute approximate surface area is 109 Å². The molecule has 0 unspecified atom stereocenters. The van der Waals surface area contributed by atoms with Gasteiger partial charge in [-0.15, -0.1) is 0 Å². The van der Waals surface area contributed by atoms with E-state index in [2.05, 4.69) is 12.2 Å². The van der Waals surface area contributed by atoms with Crippen LogP contribution in [0.2, 0.25) is 0 Å². The van der Waals surface area contributed by atoms with Crippen LogP contribution in [0.1, 0.15) is 31.7 Å². The summed E-state index contributed by atoms with van der Waals surface area (Å²) in [6.07, 6.45) is 3.29. The topological polar surface area (TPSA) is 64.3 Å². The summed E-state index contributed by atoms with van der Waals surface area (Å²) in [5.41, 5.74) is 8.08. The van der Waals surface area contributed by atoms with Gasteiger partial charge in [-0.1, -0.05) is 25.8 Å². The van der Waals surface area contributed by atoms with Gasteiger partial charge in [0.05, 0.1) is 0 Å². The molecular formula is C14H22N2O2. The maximum absolute atomic E-state index is 11.6. The Morgan fingerprint density at radius 2 is 2.17 bits per heavy atom. The quantitative estimate of drug-likeness (QED) is 0.577. The van der Waals surface area contributed by atoms with Gasteiger partial charge in [0.1, 0.15) is 6.61 Å². The van der Waals surface area contributed by atoms with Crippen molar-refractivity contribution in [2.24, 2.45) is 0 Å². The van der Waals surface area contributed by atoms with E-state index in [0.717, 1.165) is 30.5 Å². The van der Waals surface area contributed by atoms with E-state index in [0.29, 0.717) is 12.3 Å². The molecule has 0 saturated heterocycles. The van der Waals surface area contributed by atoms with Crippen LogP contribution in [-0.2, 0) is 9.53 Å². The van der Waals surface area contributed by atoms with E-state index in [4.69, 9.17) is 10.5 Å². The van der Waals surface area contributed by atoms with Crippen LogP contribution < -0.4 is 11.1 Å². The predicted octanol–water partition coefficient (Wildman–Crippen LogP) is 2.72. The highest BCUT2D eigenvalue weighted by atomic mass is 16.5. The van der Waals surface area contributed by atoms with E-state index in [9.17, 15) is 4.79 Å². The first kappa shape index (κ1) is 14.5. The molecule has 100 valence electrons. The number of carbonyl (C=O) groups excluding carboxylic acids is 1. The summed E-state index contributed by atoms with van der Waals surface area (Å²) in [6, 6.07) is 5.47. The number of rotatable bonds is 7. The second kappa shape index (κ2) is 7.71. The molecule has 1 aromatic rings. The molecule has 4 heteroatoms. The van der Waals surface area contributed by atoms with Crippen LogP contribution in [0.4, 0.5) is 11.4 Å². The second-order valence-corrected chi connectivity index (χ2v) is 4.33. The molecule has 1 aromatic carbocycles. The number of hydrogen-bond donors (Lipinski definition) is 2. The number of hydrogen-bond acceptors (Lipinski definition) is 3. The first-order valence-electron chi connectivity index (χ1n) is 6.37. The third-order valence-corrected chi connectivity index (χ3v) is 2.78. The van der Waals surface area contributed by atoms with Crippen molar-refractivity contribution < 1.29 is 9.53 Å². The molecule has 0 aliphatic carbocycles. The van der Waals surface area contributed by atoms with E-state index < -0.39 is 0 Å². The van der Waals surface area contributed by atoms with Gasteiger partial charge >= 0.3 is 0 Å². The van der Waals surface area contributed by atoms with Crippen molar-refractivity contribution in [2.45, 2.75) is 33.1 Å². The molecule has 18 heavy (non-hydrogen) atoms. The van der Waals surface area contributed by atoms with E-state index >= 15 is 0 Å². The van der Waals surface area contributed by atoms with Gasteiger partial charge in [-0.2, -0.15) is 0 Å². The van der Waals surface area contributed by atoms with Crippen molar-refractivity contribution in [3.8, 4) is 0 Å².